The molecule has 0 aromatic heterocycles. The standard InChI is InChI=1S/C57H77N3O14/c1-8-9-10-11-12-13-14-15-16-17-18-19-29-36-45(70-53(64)42-32-25-21-26-33-42)44(59-60-58)37-69-55-51(72-54(65)43-34-27-22-28-35-43)50(67-40-48(62)74-57(5,6)7)49(66-39-47(61)73-56(2,3)4)46(71-55)38-68-52(63)41-30-23-20-24-31-41/h20-36,44-46,49-51,55H,8-19,37-40H2,1-7H3/t44-,45+,46+,49-,50-,51+,55-/m0/s1. The van der Waals surface area contributed by atoms with Crippen molar-refractivity contribution < 1.29 is 66.6 Å². The molecule has 1 saturated heterocycles. The van der Waals surface area contributed by atoms with Crippen LogP contribution in [0, 0.1) is 0 Å². The summed E-state index contributed by atoms with van der Waals surface area (Å²) in [6.07, 6.45) is 8.51. The predicted molar refractivity (Wildman–Crippen MR) is 277 cm³/mol. The molecule has 3 aromatic rings. The van der Waals surface area contributed by atoms with Crippen LogP contribution in [0.5, 0.6) is 0 Å². The van der Waals surface area contributed by atoms with Crippen LogP contribution < -0.4 is 0 Å². The van der Waals surface area contributed by atoms with Gasteiger partial charge in [-0.3, -0.25) is 0 Å². The number of nitrogens with zero attached hydrogens (tertiary/aromatic N) is 3. The van der Waals surface area contributed by atoms with Crippen LogP contribution in [0.3, 0.4) is 0 Å². The zero-order valence-electron chi connectivity index (χ0n) is 44.2. The highest BCUT2D eigenvalue weighted by Gasteiger charge is 2.52. The van der Waals surface area contributed by atoms with E-state index in [1.54, 1.807) is 126 Å². The van der Waals surface area contributed by atoms with Gasteiger partial charge in [-0.1, -0.05) is 137 Å². The van der Waals surface area contributed by atoms with Gasteiger partial charge >= 0.3 is 29.8 Å². The van der Waals surface area contributed by atoms with E-state index in [1.807, 2.05) is 6.08 Å². The number of allylic oxidation sites excluding steroid dienone is 1. The molecule has 3 aromatic carbocycles. The Morgan fingerprint density at radius 3 is 1.59 bits per heavy atom. The van der Waals surface area contributed by atoms with Crippen molar-refractivity contribution in [3.05, 3.63) is 130 Å². The third-order valence-corrected chi connectivity index (χ3v) is 11.4. The van der Waals surface area contributed by atoms with Gasteiger partial charge in [0.1, 0.15) is 61.5 Å². The Bertz CT molecular complexity index is 2220. The molecular formula is C57H77N3O14. The monoisotopic (exact) mass is 1030 g/mol. The molecule has 0 radical (unpaired) electrons. The van der Waals surface area contributed by atoms with Crippen LogP contribution in [0.15, 0.2) is 108 Å². The Kier molecular flexibility index (Phi) is 26.4. The highest BCUT2D eigenvalue weighted by molar-refractivity contribution is 5.90. The number of ether oxygens (including phenoxy) is 9. The first-order chi connectivity index (χ1) is 35.5. The third-order valence-electron chi connectivity index (χ3n) is 11.4. The van der Waals surface area contributed by atoms with Crippen molar-refractivity contribution in [3.8, 4) is 0 Å². The van der Waals surface area contributed by atoms with E-state index in [4.69, 9.17) is 42.6 Å². The molecule has 1 fully saturated rings. The van der Waals surface area contributed by atoms with Crippen molar-refractivity contribution in [1.82, 2.24) is 0 Å². The van der Waals surface area contributed by atoms with E-state index in [1.165, 1.54) is 57.1 Å². The summed E-state index contributed by atoms with van der Waals surface area (Å²) in [5.41, 5.74) is 8.73. The summed E-state index contributed by atoms with van der Waals surface area (Å²) >= 11 is 0. The first kappa shape index (κ1) is 60.5. The average Bonchev–Trinajstić information content (AvgIpc) is 3.37. The van der Waals surface area contributed by atoms with Gasteiger partial charge in [0.05, 0.1) is 23.3 Å². The molecule has 1 aliphatic rings. The fourth-order valence-electron chi connectivity index (χ4n) is 7.94. The summed E-state index contributed by atoms with van der Waals surface area (Å²) in [4.78, 5) is 70.6. The maximum Gasteiger partial charge on any atom is 0.338 e. The van der Waals surface area contributed by atoms with Crippen molar-refractivity contribution >= 4 is 29.8 Å². The molecule has 0 aliphatic carbocycles. The molecule has 1 aliphatic heterocycles. The summed E-state index contributed by atoms with van der Waals surface area (Å²) in [5.74, 6) is -3.83. The van der Waals surface area contributed by atoms with E-state index in [0.717, 1.165) is 25.7 Å². The molecule has 0 amide bonds. The van der Waals surface area contributed by atoms with Gasteiger partial charge in [0.15, 0.2) is 12.4 Å². The lowest BCUT2D eigenvalue weighted by Crippen LogP contribution is -2.63. The van der Waals surface area contributed by atoms with Gasteiger partial charge in [-0.2, -0.15) is 0 Å². The van der Waals surface area contributed by atoms with Gasteiger partial charge < -0.3 is 42.6 Å². The normalized spacial score (nSPS) is 18.6. The highest BCUT2D eigenvalue weighted by atomic mass is 16.7. The number of carbonyl (C=O) groups excluding carboxylic acids is 5. The number of benzene rings is 3. The van der Waals surface area contributed by atoms with Gasteiger partial charge in [0.2, 0.25) is 0 Å². The zero-order valence-corrected chi connectivity index (χ0v) is 44.2. The molecule has 0 unspecified atom stereocenters. The number of hydrogen-bond acceptors (Lipinski definition) is 15. The van der Waals surface area contributed by atoms with Crippen molar-refractivity contribution in [3.63, 3.8) is 0 Å². The number of hydrogen-bond donors (Lipinski definition) is 0. The second kappa shape index (κ2) is 32.3. The van der Waals surface area contributed by atoms with Crippen molar-refractivity contribution in [2.24, 2.45) is 5.11 Å². The molecule has 17 nitrogen and oxygen atoms in total. The minimum Gasteiger partial charge on any atom is -0.459 e. The van der Waals surface area contributed by atoms with Gasteiger partial charge in [0, 0.05) is 4.91 Å². The fourth-order valence-corrected chi connectivity index (χ4v) is 7.94. The molecule has 0 bridgehead atoms. The van der Waals surface area contributed by atoms with E-state index < -0.39 is 110 Å². The molecule has 0 saturated carbocycles. The molecule has 404 valence electrons. The van der Waals surface area contributed by atoms with E-state index in [9.17, 15) is 29.5 Å². The largest absolute Gasteiger partial charge is 0.459 e. The molecule has 17 heteroatoms. The fraction of sp³-hybridized carbons (Fsp3) is 0.561. The molecule has 0 N–H and O–H groups in total. The smallest absolute Gasteiger partial charge is 0.338 e. The Hall–Kier alpha value is -6.10. The van der Waals surface area contributed by atoms with Crippen LogP contribution >= 0.6 is 0 Å². The lowest BCUT2D eigenvalue weighted by molar-refractivity contribution is -0.313. The van der Waals surface area contributed by atoms with Gasteiger partial charge in [-0.05, 0) is 102 Å². The first-order valence-electron chi connectivity index (χ1n) is 25.9. The Morgan fingerprint density at radius 2 is 1.09 bits per heavy atom. The summed E-state index contributed by atoms with van der Waals surface area (Å²) in [6.45, 7) is 9.88. The lowest BCUT2D eigenvalue weighted by atomic mass is 9.98. The van der Waals surface area contributed by atoms with Crippen LogP contribution in [0.25, 0.3) is 10.4 Å². The lowest BCUT2D eigenvalue weighted by Gasteiger charge is -2.45. The molecule has 74 heavy (non-hydrogen) atoms. The number of esters is 5. The number of rotatable bonds is 31. The van der Waals surface area contributed by atoms with Gasteiger partial charge in [-0.15, -0.1) is 0 Å². The zero-order chi connectivity index (χ0) is 53.8. The Labute approximate surface area is 436 Å². The SMILES string of the molecule is CCCCCCCCCCCCCC=C[C@@H](OC(=O)c1ccccc1)[C@H](CO[C@H]1O[C@H](COC(=O)c2ccccc2)[C@H](OCC(=O)OC(C)(C)C)[C@H](OCC(=O)OC(C)(C)C)[C@H]1OC(=O)c1ccccc1)N=[N+]=[N-]. The highest BCUT2D eigenvalue weighted by Crippen LogP contribution is 2.32. The first-order valence-corrected chi connectivity index (χ1v) is 25.9. The third kappa shape index (κ3) is 23.0. The molecule has 4 rings (SSSR count). The number of carbonyl (C=O) groups is 5. The van der Waals surface area contributed by atoms with Crippen molar-refractivity contribution in [1.29, 1.82) is 0 Å². The molecule has 0 spiro atoms. The second-order valence-corrected chi connectivity index (χ2v) is 20.1. The number of unbranched alkanes of at least 4 members (excludes halogenated alkanes) is 11. The van der Waals surface area contributed by atoms with Crippen molar-refractivity contribution in [2.75, 3.05) is 26.4 Å². The van der Waals surface area contributed by atoms with Crippen molar-refractivity contribution in [2.45, 2.75) is 180 Å². The minimum absolute atomic E-state index is 0.130. The van der Waals surface area contributed by atoms with E-state index in [0.29, 0.717) is 6.42 Å². The Balaban J connectivity index is 1.70. The maximum atomic E-state index is 14.0. The molecule has 1 heterocycles. The van der Waals surface area contributed by atoms with E-state index in [2.05, 4.69) is 16.9 Å². The van der Waals surface area contributed by atoms with Gasteiger partial charge in [-0.25, -0.2) is 24.0 Å². The van der Waals surface area contributed by atoms with E-state index in [-0.39, 0.29) is 16.7 Å². The minimum atomic E-state index is -1.64. The summed E-state index contributed by atoms with van der Waals surface area (Å²) in [5, 5.41) is 4.01. The van der Waals surface area contributed by atoms with Gasteiger partial charge in [0.25, 0.3) is 0 Å². The Morgan fingerprint density at radius 1 is 0.622 bits per heavy atom. The average molecular weight is 1030 g/mol. The topological polar surface area (TPSA) is 217 Å². The predicted octanol–water partition coefficient (Wildman–Crippen LogP) is 11.4. The second-order valence-electron chi connectivity index (χ2n) is 20.1. The quantitative estimate of drug-likeness (QED) is 0.0111. The van der Waals surface area contributed by atoms with E-state index >= 15 is 0 Å². The van der Waals surface area contributed by atoms with Crippen LogP contribution in [-0.4, -0.2) is 110 Å². The van der Waals surface area contributed by atoms with Crippen LogP contribution in [-0.2, 0) is 52.2 Å². The van der Waals surface area contributed by atoms with Crippen LogP contribution in [0.4, 0.5) is 0 Å². The summed E-state index contributed by atoms with van der Waals surface area (Å²) < 4.78 is 54.4. The molecular weight excluding hydrogens is 951 g/mol. The molecule has 7 atom stereocenters. The van der Waals surface area contributed by atoms with Crippen LogP contribution in [0.1, 0.15) is 157 Å². The maximum absolute atomic E-state index is 14.0. The summed E-state index contributed by atoms with van der Waals surface area (Å²) in [7, 11) is 0. The summed E-state index contributed by atoms with van der Waals surface area (Å²) in [6, 6.07) is 23.3. The number of azide groups is 1. The van der Waals surface area contributed by atoms with Crippen LogP contribution in [0.2, 0.25) is 0 Å².